The average molecular weight is 752 g/mol. The van der Waals surface area contributed by atoms with Crippen LogP contribution < -0.4 is 0 Å². The minimum Gasteiger partial charge on any atom is -0.456 e. The molecule has 282 valence electrons. The molecule has 0 unspecified atom stereocenters. The summed E-state index contributed by atoms with van der Waals surface area (Å²) in [6.07, 6.45) is 16.6. The van der Waals surface area contributed by atoms with Crippen molar-refractivity contribution in [3.05, 3.63) is 232 Å². The number of ether oxygens (including phenoxy) is 1. The number of hydrogen-bond donors (Lipinski definition) is 0. The van der Waals surface area contributed by atoms with E-state index in [0.29, 0.717) is 0 Å². The van der Waals surface area contributed by atoms with Crippen LogP contribution >= 0.6 is 0 Å². The Labute approximate surface area is 342 Å². The summed E-state index contributed by atoms with van der Waals surface area (Å²) in [7, 11) is 0. The minimum absolute atomic E-state index is 0.912. The largest absolute Gasteiger partial charge is 0.456 e. The molecule has 0 bridgehead atoms. The number of benzene rings is 5. The predicted molar refractivity (Wildman–Crippen MR) is 240 cm³/mol. The van der Waals surface area contributed by atoms with Crippen LogP contribution in [0.5, 0.6) is 0 Å². The van der Waals surface area contributed by atoms with Crippen LogP contribution in [0.15, 0.2) is 208 Å². The highest BCUT2D eigenvalue weighted by atomic mass is 16.5. The summed E-state index contributed by atoms with van der Waals surface area (Å²) in [5, 5.41) is 0. The number of fused-ring (bicyclic) bond motifs is 2. The van der Waals surface area contributed by atoms with Crippen molar-refractivity contribution in [2.24, 2.45) is 0 Å². The van der Waals surface area contributed by atoms with E-state index >= 15 is 0 Å². The molecule has 2 nitrogen and oxygen atoms in total. The molecule has 58 heavy (non-hydrogen) atoms. The molecule has 0 saturated heterocycles. The van der Waals surface area contributed by atoms with E-state index in [0.717, 1.165) is 92.0 Å². The van der Waals surface area contributed by atoms with E-state index < -0.39 is 0 Å². The lowest BCUT2D eigenvalue weighted by Crippen LogP contribution is -2.12. The third-order valence-corrected chi connectivity index (χ3v) is 12.1. The van der Waals surface area contributed by atoms with Gasteiger partial charge in [-0.25, -0.2) is 4.42 Å². The molecule has 0 atom stereocenters. The number of aryl methyl sites for hydroxylation is 1. The molecule has 0 N–H and O–H groups in total. The molecule has 2 heterocycles. The smallest absolute Gasteiger partial charge is 0.360 e. The first-order valence-electron chi connectivity index (χ1n) is 21.1. The molecule has 0 radical (unpaired) electrons. The van der Waals surface area contributed by atoms with Crippen molar-refractivity contribution in [2.75, 3.05) is 0 Å². The van der Waals surface area contributed by atoms with Gasteiger partial charge in [0.2, 0.25) is 0 Å². The Bertz CT molecular complexity index is 2660. The van der Waals surface area contributed by atoms with Gasteiger partial charge in [-0.2, -0.15) is 0 Å². The van der Waals surface area contributed by atoms with Gasteiger partial charge in [-0.15, -0.1) is 0 Å². The van der Waals surface area contributed by atoms with E-state index in [9.17, 15) is 0 Å². The lowest BCUT2D eigenvalue weighted by Gasteiger charge is -2.30. The van der Waals surface area contributed by atoms with E-state index in [4.69, 9.17) is 9.15 Å². The van der Waals surface area contributed by atoms with Gasteiger partial charge in [-0.05, 0) is 120 Å². The number of hydrogen-bond acceptors (Lipinski definition) is 1. The molecule has 1 aliphatic heterocycles. The quantitative estimate of drug-likeness (QED) is 0.151. The van der Waals surface area contributed by atoms with Crippen LogP contribution in [0.3, 0.4) is 0 Å². The van der Waals surface area contributed by atoms with Gasteiger partial charge in [0, 0.05) is 16.7 Å². The maximum absolute atomic E-state index is 7.01. The van der Waals surface area contributed by atoms with Gasteiger partial charge in [0.1, 0.15) is 11.5 Å². The minimum atomic E-state index is 0.912. The zero-order chi connectivity index (χ0) is 38.7. The van der Waals surface area contributed by atoms with Crippen molar-refractivity contribution in [3.63, 3.8) is 0 Å². The molecule has 0 amide bonds. The molecular formula is C56H47O2+. The van der Waals surface area contributed by atoms with Crippen LogP contribution in [0.4, 0.5) is 0 Å². The highest BCUT2D eigenvalue weighted by molar-refractivity contribution is 5.91. The zero-order valence-electron chi connectivity index (χ0n) is 32.9. The molecule has 5 aromatic carbocycles. The van der Waals surface area contributed by atoms with Crippen molar-refractivity contribution in [2.45, 2.75) is 57.8 Å². The predicted octanol–water partition coefficient (Wildman–Crippen LogP) is 15.1. The van der Waals surface area contributed by atoms with Crippen LogP contribution in [0.1, 0.15) is 79.4 Å². The van der Waals surface area contributed by atoms with E-state index in [1.807, 2.05) is 0 Å². The van der Waals surface area contributed by atoms with Crippen LogP contribution in [0, 0.1) is 0 Å². The second-order valence-electron chi connectivity index (χ2n) is 15.8. The summed E-state index contributed by atoms with van der Waals surface area (Å²) in [5.41, 5.74) is 17.9. The Morgan fingerprint density at radius 3 is 1.69 bits per heavy atom. The Hall–Kier alpha value is -6.51. The summed E-state index contributed by atoms with van der Waals surface area (Å²) in [6.45, 7) is 0. The SMILES string of the molecule is C(=C1CCCC(C=C2CCCc3[o+]c(-c4ccccc4)cc(-c4ccccc4)c32)=C1c1ccccc1)C1=C2OC(c3ccccc3)=CC(c3ccccc3)=C2CCC1. The third kappa shape index (κ3) is 7.16. The second kappa shape index (κ2) is 16.2. The van der Waals surface area contributed by atoms with E-state index in [1.54, 1.807) is 0 Å². The van der Waals surface area contributed by atoms with Crippen molar-refractivity contribution in [1.29, 1.82) is 0 Å². The summed E-state index contributed by atoms with van der Waals surface area (Å²) >= 11 is 0. The Kier molecular flexibility index (Phi) is 9.99. The van der Waals surface area contributed by atoms with Gasteiger partial charge in [0.05, 0.1) is 23.6 Å². The maximum Gasteiger partial charge on any atom is 0.360 e. The first-order valence-corrected chi connectivity index (χ1v) is 21.1. The van der Waals surface area contributed by atoms with Gasteiger partial charge in [0.15, 0.2) is 0 Å². The molecule has 0 spiro atoms. The fourth-order valence-corrected chi connectivity index (χ4v) is 9.38. The maximum atomic E-state index is 7.01. The number of allylic oxidation sites excluding steroid dienone is 10. The summed E-state index contributed by atoms with van der Waals surface area (Å²) in [4.78, 5) is 0. The molecule has 4 aliphatic rings. The number of rotatable bonds is 7. The standard InChI is InChI=1S/C56H47O2/c1-6-19-39(20-7-1)49-37-53(42-25-12-4-13-26-42)58-56-47(32-17-33-48(49)56)36-45-30-16-29-44(54(45)43-27-14-5-15-28-43)35-46-31-18-34-51-55(46)50(40-21-8-2-9-22-40)38-52(57-51)41-23-10-3-11-24-41/h1-15,19-28,35-38H,16-18,29-34H2/q+1. The van der Waals surface area contributed by atoms with E-state index in [-0.39, 0.29) is 0 Å². The molecule has 3 aliphatic carbocycles. The lowest BCUT2D eigenvalue weighted by atomic mass is 9.78. The van der Waals surface area contributed by atoms with Crippen LogP contribution in [0.25, 0.3) is 44.9 Å². The van der Waals surface area contributed by atoms with Crippen LogP contribution in [-0.2, 0) is 11.2 Å². The topological polar surface area (TPSA) is 20.5 Å². The van der Waals surface area contributed by atoms with Gasteiger partial charge in [0.25, 0.3) is 0 Å². The van der Waals surface area contributed by atoms with Gasteiger partial charge in [-0.3, -0.25) is 0 Å². The fraction of sp³-hybridized carbons (Fsp3) is 0.161. The zero-order valence-corrected chi connectivity index (χ0v) is 32.9. The highest BCUT2D eigenvalue weighted by Crippen LogP contribution is 2.47. The summed E-state index contributed by atoms with van der Waals surface area (Å²) < 4.78 is 13.8. The normalized spacial score (nSPS) is 18.2. The van der Waals surface area contributed by atoms with Gasteiger partial charge < -0.3 is 4.74 Å². The monoisotopic (exact) mass is 751 g/mol. The lowest BCUT2D eigenvalue weighted by molar-refractivity contribution is 0.372. The van der Waals surface area contributed by atoms with E-state index in [2.05, 4.69) is 176 Å². The highest BCUT2D eigenvalue weighted by Gasteiger charge is 2.32. The summed E-state index contributed by atoms with van der Waals surface area (Å²) in [5.74, 6) is 3.97. The van der Waals surface area contributed by atoms with Gasteiger partial charge >= 0.3 is 11.5 Å². The first-order chi connectivity index (χ1) is 28.8. The second-order valence-corrected chi connectivity index (χ2v) is 15.8. The summed E-state index contributed by atoms with van der Waals surface area (Å²) in [6, 6.07) is 56.2. The average Bonchev–Trinajstić information content (AvgIpc) is 3.30. The van der Waals surface area contributed by atoms with E-state index in [1.165, 1.54) is 66.8 Å². The third-order valence-electron chi connectivity index (χ3n) is 12.1. The van der Waals surface area contributed by atoms with Crippen molar-refractivity contribution < 1.29 is 9.15 Å². The van der Waals surface area contributed by atoms with Crippen LogP contribution in [0.2, 0.25) is 0 Å². The fourth-order valence-electron chi connectivity index (χ4n) is 9.38. The van der Waals surface area contributed by atoms with Crippen LogP contribution in [-0.4, -0.2) is 0 Å². The Morgan fingerprint density at radius 1 is 0.466 bits per heavy atom. The molecule has 2 heteroatoms. The molecular weight excluding hydrogens is 705 g/mol. The molecule has 10 rings (SSSR count). The van der Waals surface area contributed by atoms with Gasteiger partial charge in [-0.1, -0.05) is 152 Å². The Morgan fingerprint density at radius 2 is 1.00 bits per heavy atom. The first kappa shape index (κ1) is 35.9. The Balaban J connectivity index is 1.14. The molecule has 1 aromatic heterocycles. The van der Waals surface area contributed by atoms with Crippen molar-refractivity contribution in [3.8, 4) is 22.5 Å². The molecule has 0 saturated carbocycles. The molecule has 6 aromatic rings. The molecule has 0 fully saturated rings. The van der Waals surface area contributed by atoms with Crippen molar-refractivity contribution >= 4 is 22.5 Å². The van der Waals surface area contributed by atoms with Crippen molar-refractivity contribution in [1.82, 2.24) is 0 Å².